The lowest BCUT2D eigenvalue weighted by Gasteiger charge is -1.99. The highest BCUT2D eigenvalue weighted by molar-refractivity contribution is 5.66. The molecular formula is C24H40O4. The summed E-state index contributed by atoms with van der Waals surface area (Å²) < 4.78 is 0. The SMILES string of the molecule is CCCCCCCCC=CCCCCCCCC(=O)O.Oc1ccc(O)cc1. The van der Waals surface area contributed by atoms with E-state index in [2.05, 4.69) is 19.1 Å². The first kappa shape index (κ1) is 26.0. The third-order valence-electron chi connectivity index (χ3n) is 4.50. The maximum Gasteiger partial charge on any atom is 0.303 e. The Kier molecular flexibility index (Phi) is 18.4. The van der Waals surface area contributed by atoms with Crippen LogP contribution in [0.1, 0.15) is 96.8 Å². The summed E-state index contributed by atoms with van der Waals surface area (Å²) in [5, 5.41) is 25.8. The predicted octanol–water partition coefficient (Wildman–Crippen LogP) is 7.21. The van der Waals surface area contributed by atoms with Crippen LogP contribution in [0.4, 0.5) is 0 Å². The van der Waals surface area contributed by atoms with Crippen LogP contribution in [-0.2, 0) is 4.79 Å². The first-order valence-corrected chi connectivity index (χ1v) is 10.9. The van der Waals surface area contributed by atoms with Gasteiger partial charge in [0.15, 0.2) is 0 Å². The molecule has 0 aliphatic rings. The Morgan fingerprint density at radius 3 is 1.54 bits per heavy atom. The molecular weight excluding hydrogens is 352 g/mol. The zero-order valence-corrected chi connectivity index (χ0v) is 17.6. The van der Waals surface area contributed by atoms with Crippen LogP contribution in [-0.4, -0.2) is 21.3 Å². The number of carboxylic acids is 1. The summed E-state index contributed by atoms with van der Waals surface area (Å²) in [5.74, 6) is -0.326. The van der Waals surface area contributed by atoms with E-state index in [1.54, 1.807) is 0 Å². The van der Waals surface area contributed by atoms with E-state index in [4.69, 9.17) is 15.3 Å². The second-order valence-electron chi connectivity index (χ2n) is 7.24. The molecule has 0 saturated heterocycles. The van der Waals surface area contributed by atoms with Crippen molar-refractivity contribution in [2.24, 2.45) is 0 Å². The van der Waals surface area contributed by atoms with Crippen molar-refractivity contribution in [1.29, 1.82) is 0 Å². The molecule has 1 aromatic carbocycles. The van der Waals surface area contributed by atoms with E-state index in [-0.39, 0.29) is 11.5 Å². The fourth-order valence-electron chi connectivity index (χ4n) is 2.80. The van der Waals surface area contributed by atoms with E-state index < -0.39 is 5.97 Å². The minimum atomic E-state index is -0.664. The van der Waals surface area contributed by atoms with Crippen molar-refractivity contribution in [2.45, 2.75) is 96.8 Å². The summed E-state index contributed by atoms with van der Waals surface area (Å²) in [6.07, 6.45) is 21.2. The van der Waals surface area contributed by atoms with Crippen LogP contribution in [0.25, 0.3) is 0 Å². The van der Waals surface area contributed by atoms with Gasteiger partial charge < -0.3 is 15.3 Å². The Bertz CT molecular complexity index is 473. The number of unbranched alkanes of at least 4 members (excludes halogenated alkanes) is 11. The fourth-order valence-corrected chi connectivity index (χ4v) is 2.80. The third-order valence-corrected chi connectivity index (χ3v) is 4.50. The monoisotopic (exact) mass is 392 g/mol. The zero-order valence-electron chi connectivity index (χ0n) is 17.6. The first-order valence-electron chi connectivity index (χ1n) is 10.9. The highest BCUT2D eigenvalue weighted by Crippen LogP contribution is 2.13. The second kappa shape index (κ2) is 19.8. The number of aliphatic carboxylic acids is 1. The van der Waals surface area contributed by atoms with Gasteiger partial charge in [0.25, 0.3) is 0 Å². The maximum atomic E-state index is 10.3. The number of allylic oxidation sites excluding steroid dienone is 2. The molecule has 28 heavy (non-hydrogen) atoms. The highest BCUT2D eigenvalue weighted by Gasteiger charge is 1.95. The molecule has 0 radical (unpaired) electrons. The van der Waals surface area contributed by atoms with Gasteiger partial charge in [-0.25, -0.2) is 0 Å². The van der Waals surface area contributed by atoms with Gasteiger partial charge in [-0.3, -0.25) is 4.79 Å². The highest BCUT2D eigenvalue weighted by atomic mass is 16.4. The van der Waals surface area contributed by atoms with E-state index in [9.17, 15) is 4.79 Å². The molecule has 0 aliphatic carbocycles. The van der Waals surface area contributed by atoms with Gasteiger partial charge in [-0.2, -0.15) is 0 Å². The molecule has 4 heteroatoms. The normalized spacial score (nSPS) is 10.6. The summed E-state index contributed by atoms with van der Waals surface area (Å²) in [7, 11) is 0. The van der Waals surface area contributed by atoms with Crippen LogP contribution in [0, 0.1) is 0 Å². The van der Waals surface area contributed by atoms with Gasteiger partial charge in [-0.1, -0.05) is 70.4 Å². The Labute approximate surface area is 171 Å². The third kappa shape index (κ3) is 20.3. The van der Waals surface area contributed by atoms with Crippen LogP contribution in [0.2, 0.25) is 0 Å². The lowest BCUT2D eigenvalue weighted by molar-refractivity contribution is -0.137. The standard InChI is InChI=1S/C18H34O2.C6H6O2/c1-2-3-4-5-6-7-8-9-10-11-12-13-14-15-16-17-18(19)20;7-5-1-2-6(8)4-3-5/h9-10H,2-8,11-17H2,1H3,(H,19,20);1-4,7-8H. The maximum absolute atomic E-state index is 10.3. The van der Waals surface area contributed by atoms with Crippen LogP contribution >= 0.6 is 0 Å². The van der Waals surface area contributed by atoms with Crippen LogP contribution in [0.15, 0.2) is 36.4 Å². The summed E-state index contributed by atoms with van der Waals surface area (Å²) in [6.45, 7) is 2.26. The zero-order chi connectivity index (χ0) is 20.9. The molecule has 160 valence electrons. The average molecular weight is 393 g/mol. The number of carbonyl (C=O) groups is 1. The molecule has 1 aromatic rings. The van der Waals surface area contributed by atoms with Crippen LogP contribution in [0.5, 0.6) is 11.5 Å². The second-order valence-corrected chi connectivity index (χ2v) is 7.24. The van der Waals surface area contributed by atoms with Gasteiger partial charge in [0.1, 0.15) is 11.5 Å². The van der Waals surface area contributed by atoms with Crippen LogP contribution in [0.3, 0.4) is 0 Å². The average Bonchev–Trinajstić information content (AvgIpc) is 2.67. The lowest BCUT2D eigenvalue weighted by atomic mass is 10.1. The van der Waals surface area contributed by atoms with Crippen molar-refractivity contribution in [3.8, 4) is 11.5 Å². The number of benzene rings is 1. The number of hydrogen-bond donors (Lipinski definition) is 3. The Morgan fingerprint density at radius 2 is 1.11 bits per heavy atom. The van der Waals surface area contributed by atoms with E-state index in [0.29, 0.717) is 6.42 Å². The molecule has 0 unspecified atom stereocenters. The molecule has 4 nitrogen and oxygen atoms in total. The largest absolute Gasteiger partial charge is 0.508 e. The summed E-state index contributed by atoms with van der Waals surface area (Å²) >= 11 is 0. The predicted molar refractivity (Wildman–Crippen MR) is 117 cm³/mol. The molecule has 0 spiro atoms. The molecule has 0 amide bonds. The summed E-state index contributed by atoms with van der Waals surface area (Å²) in [4.78, 5) is 10.3. The fraction of sp³-hybridized carbons (Fsp3) is 0.625. The minimum absolute atomic E-state index is 0.169. The summed E-state index contributed by atoms with van der Waals surface area (Å²) in [6, 6.07) is 5.70. The van der Waals surface area contributed by atoms with Crippen molar-refractivity contribution in [3.05, 3.63) is 36.4 Å². The Balaban J connectivity index is 0.000000749. The van der Waals surface area contributed by atoms with E-state index >= 15 is 0 Å². The van der Waals surface area contributed by atoms with Crippen LogP contribution < -0.4 is 0 Å². The number of hydrogen-bond acceptors (Lipinski definition) is 3. The molecule has 0 heterocycles. The van der Waals surface area contributed by atoms with Crippen molar-refractivity contribution < 1.29 is 20.1 Å². The van der Waals surface area contributed by atoms with Crippen molar-refractivity contribution in [2.75, 3.05) is 0 Å². The molecule has 1 rings (SSSR count). The van der Waals surface area contributed by atoms with Crippen molar-refractivity contribution in [3.63, 3.8) is 0 Å². The lowest BCUT2D eigenvalue weighted by Crippen LogP contribution is -1.93. The smallest absolute Gasteiger partial charge is 0.303 e. The van der Waals surface area contributed by atoms with Gasteiger partial charge in [-0.05, 0) is 56.4 Å². The molecule has 0 saturated carbocycles. The quantitative estimate of drug-likeness (QED) is 0.167. The van der Waals surface area contributed by atoms with Gasteiger partial charge >= 0.3 is 5.97 Å². The molecule has 0 atom stereocenters. The molecule has 0 aliphatic heterocycles. The van der Waals surface area contributed by atoms with E-state index in [0.717, 1.165) is 12.8 Å². The number of carboxylic acid groups (broad SMARTS) is 1. The number of rotatable bonds is 15. The van der Waals surface area contributed by atoms with Crippen molar-refractivity contribution in [1.82, 2.24) is 0 Å². The molecule has 3 N–H and O–H groups in total. The van der Waals surface area contributed by atoms with Gasteiger partial charge in [0, 0.05) is 6.42 Å². The van der Waals surface area contributed by atoms with Crippen molar-refractivity contribution >= 4 is 5.97 Å². The molecule has 0 aromatic heterocycles. The Morgan fingerprint density at radius 1 is 0.714 bits per heavy atom. The molecule has 0 bridgehead atoms. The van der Waals surface area contributed by atoms with Gasteiger partial charge in [-0.15, -0.1) is 0 Å². The van der Waals surface area contributed by atoms with E-state index in [1.807, 2.05) is 0 Å². The Hall–Kier alpha value is -1.97. The number of aromatic hydroxyl groups is 2. The first-order chi connectivity index (χ1) is 13.6. The number of phenols is 2. The van der Waals surface area contributed by atoms with Gasteiger partial charge in [0.05, 0.1) is 0 Å². The van der Waals surface area contributed by atoms with Gasteiger partial charge in [0.2, 0.25) is 0 Å². The minimum Gasteiger partial charge on any atom is -0.508 e. The number of phenolic OH excluding ortho intramolecular Hbond substituents is 2. The topological polar surface area (TPSA) is 77.8 Å². The molecule has 0 fully saturated rings. The summed E-state index contributed by atoms with van der Waals surface area (Å²) in [5.41, 5.74) is 0. The van der Waals surface area contributed by atoms with E-state index in [1.165, 1.54) is 94.9 Å².